The van der Waals surface area contributed by atoms with Gasteiger partial charge in [-0.15, -0.1) is 11.3 Å². The average Bonchev–Trinajstić information content (AvgIpc) is 3.14. The molecule has 2 aliphatic rings. The molecule has 4 nitrogen and oxygen atoms in total. The first-order chi connectivity index (χ1) is 13.9. The van der Waals surface area contributed by atoms with Crippen molar-refractivity contribution < 1.29 is 4.90 Å². The number of piperazine rings is 1. The second kappa shape index (κ2) is 8.02. The number of thiophene rings is 1. The van der Waals surface area contributed by atoms with E-state index < -0.39 is 0 Å². The van der Waals surface area contributed by atoms with Crippen molar-refractivity contribution >= 4 is 33.4 Å². The van der Waals surface area contributed by atoms with Crippen LogP contribution in [0.1, 0.15) is 28.8 Å². The molecule has 5 heteroatoms. The van der Waals surface area contributed by atoms with E-state index >= 15 is 0 Å². The van der Waals surface area contributed by atoms with Gasteiger partial charge < -0.3 is 9.80 Å². The minimum atomic E-state index is 1.07. The van der Waals surface area contributed by atoms with Crippen molar-refractivity contribution in [1.82, 2.24) is 9.97 Å². The van der Waals surface area contributed by atoms with Crippen LogP contribution in [0.4, 0.5) is 5.82 Å². The third-order valence-corrected chi connectivity index (χ3v) is 7.22. The molecule has 1 aromatic carbocycles. The molecule has 0 amide bonds. The van der Waals surface area contributed by atoms with Crippen LogP contribution in [0.15, 0.2) is 42.7 Å². The minimum absolute atomic E-state index is 1.07. The zero-order chi connectivity index (χ0) is 18.8. The molecule has 0 bridgehead atoms. The van der Waals surface area contributed by atoms with Gasteiger partial charge in [0.25, 0.3) is 0 Å². The van der Waals surface area contributed by atoms with E-state index in [-0.39, 0.29) is 0 Å². The molecule has 1 fully saturated rings. The highest BCUT2D eigenvalue weighted by molar-refractivity contribution is 7.19. The number of hydrogen-bond acceptors (Lipinski definition) is 4. The second-order valence-electron chi connectivity index (χ2n) is 7.84. The van der Waals surface area contributed by atoms with Crippen molar-refractivity contribution in [3.05, 3.63) is 58.7 Å². The van der Waals surface area contributed by atoms with E-state index in [0.29, 0.717) is 0 Å². The molecule has 0 unspecified atom stereocenters. The lowest BCUT2D eigenvalue weighted by Gasteiger charge is -2.33. The van der Waals surface area contributed by atoms with Crippen molar-refractivity contribution in [2.24, 2.45) is 0 Å². The summed E-state index contributed by atoms with van der Waals surface area (Å²) in [7, 11) is 0. The van der Waals surface area contributed by atoms with Crippen LogP contribution >= 0.6 is 11.3 Å². The van der Waals surface area contributed by atoms with Gasteiger partial charge in [-0.25, -0.2) is 9.97 Å². The highest BCUT2D eigenvalue weighted by Gasteiger charge is 2.25. The van der Waals surface area contributed by atoms with E-state index in [4.69, 9.17) is 4.98 Å². The van der Waals surface area contributed by atoms with Gasteiger partial charge in [0.1, 0.15) is 17.0 Å². The molecule has 0 atom stereocenters. The molecule has 28 heavy (non-hydrogen) atoms. The van der Waals surface area contributed by atoms with Crippen molar-refractivity contribution in [2.45, 2.75) is 25.7 Å². The van der Waals surface area contributed by atoms with Gasteiger partial charge in [-0.1, -0.05) is 36.4 Å². The summed E-state index contributed by atoms with van der Waals surface area (Å²) in [6, 6.07) is 10.6. The van der Waals surface area contributed by atoms with Crippen LogP contribution in [0, 0.1) is 0 Å². The van der Waals surface area contributed by atoms with E-state index in [0.717, 1.165) is 32.7 Å². The topological polar surface area (TPSA) is 33.5 Å². The standard InChI is InChI=1S/C23H26N4S/c1-2-7-18(8-3-1)9-6-12-26-13-15-27(16-14-26)22-21-19-10-4-5-11-20(19)28-23(21)25-17-24-22/h1-3,6-9,17H,4-5,10-16H2/p+1. The smallest absolute Gasteiger partial charge is 0.141 e. The lowest BCUT2D eigenvalue weighted by atomic mass is 9.97. The van der Waals surface area contributed by atoms with Crippen LogP contribution in [0.25, 0.3) is 16.3 Å². The zero-order valence-electron chi connectivity index (χ0n) is 16.2. The lowest BCUT2D eigenvalue weighted by Crippen LogP contribution is -3.14. The summed E-state index contributed by atoms with van der Waals surface area (Å²) in [5.41, 5.74) is 2.83. The Balaban J connectivity index is 1.27. The Kier molecular flexibility index (Phi) is 5.10. The molecule has 3 aromatic rings. The average molecular weight is 392 g/mol. The quantitative estimate of drug-likeness (QED) is 0.742. The fourth-order valence-corrected chi connectivity index (χ4v) is 5.70. The molecule has 1 N–H and O–H groups in total. The summed E-state index contributed by atoms with van der Waals surface area (Å²) < 4.78 is 0. The van der Waals surface area contributed by atoms with Crippen LogP contribution < -0.4 is 9.80 Å². The maximum Gasteiger partial charge on any atom is 0.141 e. The summed E-state index contributed by atoms with van der Waals surface area (Å²) >= 11 is 1.90. The Hall–Kier alpha value is -2.24. The van der Waals surface area contributed by atoms with Crippen LogP contribution in [-0.2, 0) is 12.8 Å². The number of nitrogens with zero attached hydrogens (tertiary/aromatic N) is 3. The summed E-state index contributed by atoms with van der Waals surface area (Å²) in [5, 5.41) is 1.36. The molecule has 2 aromatic heterocycles. The predicted octanol–water partition coefficient (Wildman–Crippen LogP) is 2.99. The molecule has 1 aliphatic carbocycles. The number of anilines is 1. The van der Waals surface area contributed by atoms with Gasteiger partial charge in [0.15, 0.2) is 0 Å². The largest absolute Gasteiger partial charge is 0.345 e. The van der Waals surface area contributed by atoms with E-state index in [1.165, 1.54) is 47.3 Å². The minimum Gasteiger partial charge on any atom is -0.345 e. The number of benzene rings is 1. The van der Waals surface area contributed by atoms with Gasteiger partial charge in [0, 0.05) is 4.88 Å². The highest BCUT2D eigenvalue weighted by atomic mass is 32.1. The number of rotatable bonds is 4. The monoisotopic (exact) mass is 391 g/mol. The molecule has 0 spiro atoms. The molecule has 1 aliphatic heterocycles. The van der Waals surface area contributed by atoms with Crippen LogP contribution in [-0.4, -0.2) is 42.7 Å². The third-order valence-electron chi connectivity index (χ3n) is 6.02. The lowest BCUT2D eigenvalue weighted by molar-refractivity contribution is -0.894. The Morgan fingerprint density at radius 2 is 1.86 bits per heavy atom. The predicted molar refractivity (Wildman–Crippen MR) is 117 cm³/mol. The first kappa shape index (κ1) is 17.8. The summed E-state index contributed by atoms with van der Waals surface area (Å²) in [4.78, 5) is 16.2. The van der Waals surface area contributed by atoms with Crippen molar-refractivity contribution in [2.75, 3.05) is 37.6 Å². The van der Waals surface area contributed by atoms with E-state index in [9.17, 15) is 0 Å². The van der Waals surface area contributed by atoms with Gasteiger partial charge in [0.2, 0.25) is 0 Å². The molecule has 1 saturated heterocycles. The summed E-state index contributed by atoms with van der Waals surface area (Å²) in [6.45, 7) is 5.57. The maximum atomic E-state index is 4.74. The molecule has 5 rings (SSSR count). The van der Waals surface area contributed by atoms with Gasteiger partial charge in [0.05, 0.1) is 38.1 Å². The second-order valence-corrected chi connectivity index (χ2v) is 8.93. The number of quaternary nitrogens is 1. The van der Waals surface area contributed by atoms with Crippen molar-refractivity contribution in [3.8, 4) is 0 Å². The first-order valence-corrected chi connectivity index (χ1v) is 11.3. The third kappa shape index (κ3) is 3.56. The Bertz CT molecular complexity index is 971. The SMILES string of the molecule is C(=Cc1ccccc1)C[NH+]1CCN(c2ncnc3sc4c(c23)CCCC4)CC1. The Morgan fingerprint density at radius 3 is 2.71 bits per heavy atom. The van der Waals surface area contributed by atoms with Crippen molar-refractivity contribution in [3.63, 3.8) is 0 Å². The summed E-state index contributed by atoms with van der Waals surface area (Å²) in [5.74, 6) is 1.18. The van der Waals surface area contributed by atoms with Gasteiger partial charge >= 0.3 is 0 Å². The number of hydrogen-bond donors (Lipinski definition) is 1. The zero-order valence-corrected chi connectivity index (χ0v) is 17.0. The van der Waals surface area contributed by atoms with E-state index in [2.05, 4.69) is 52.4 Å². The molecule has 0 saturated carbocycles. The number of aryl methyl sites for hydroxylation is 2. The van der Waals surface area contributed by atoms with Crippen LogP contribution in [0.3, 0.4) is 0 Å². The number of fused-ring (bicyclic) bond motifs is 3. The Morgan fingerprint density at radius 1 is 1.04 bits per heavy atom. The normalized spacial score (nSPS) is 18.1. The number of aromatic nitrogens is 2. The fourth-order valence-electron chi connectivity index (χ4n) is 4.48. The van der Waals surface area contributed by atoms with Gasteiger partial charge in [-0.3, -0.25) is 0 Å². The van der Waals surface area contributed by atoms with E-state index in [1.807, 2.05) is 11.3 Å². The molecular formula is C23H27N4S+. The molecule has 0 radical (unpaired) electrons. The number of nitrogens with one attached hydrogen (secondary N) is 1. The molecular weight excluding hydrogens is 364 g/mol. The Labute approximate surface area is 170 Å². The van der Waals surface area contributed by atoms with Gasteiger partial charge in [-0.05, 0) is 42.9 Å². The maximum absolute atomic E-state index is 4.74. The molecule has 3 heterocycles. The summed E-state index contributed by atoms with van der Waals surface area (Å²) in [6.07, 6.45) is 11.4. The molecule has 144 valence electrons. The first-order valence-electron chi connectivity index (χ1n) is 10.4. The fraction of sp³-hybridized carbons (Fsp3) is 0.391. The highest BCUT2D eigenvalue weighted by Crippen LogP contribution is 2.39. The van der Waals surface area contributed by atoms with E-state index in [1.54, 1.807) is 21.7 Å². The van der Waals surface area contributed by atoms with Crippen LogP contribution in [0.5, 0.6) is 0 Å². The van der Waals surface area contributed by atoms with Gasteiger partial charge in [-0.2, -0.15) is 0 Å². The van der Waals surface area contributed by atoms with Crippen LogP contribution in [0.2, 0.25) is 0 Å². The van der Waals surface area contributed by atoms with Crippen molar-refractivity contribution in [1.29, 1.82) is 0 Å².